The SMILES string of the molecule is Clc1cc(-c2ccccc2)cc2c1OCCN2. The van der Waals surface area contributed by atoms with Gasteiger partial charge in [0.25, 0.3) is 0 Å². The first kappa shape index (κ1) is 10.5. The largest absolute Gasteiger partial charge is 0.488 e. The minimum atomic E-state index is 0.661. The minimum Gasteiger partial charge on any atom is -0.488 e. The van der Waals surface area contributed by atoms with Crippen LogP contribution in [-0.4, -0.2) is 13.2 Å². The van der Waals surface area contributed by atoms with Crippen molar-refractivity contribution in [2.45, 2.75) is 0 Å². The predicted molar refractivity (Wildman–Crippen MR) is 70.9 cm³/mol. The molecule has 0 saturated heterocycles. The fraction of sp³-hybridized carbons (Fsp3) is 0.143. The quantitative estimate of drug-likeness (QED) is 0.825. The second kappa shape index (κ2) is 4.30. The summed E-state index contributed by atoms with van der Waals surface area (Å²) in [5.41, 5.74) is 3.24. The molecular formula is C14H12ClNO. The fourth-order valence-corrected chi connectivity index (χ4v) is 2.28. The molecule has 0 atom stereocenters. The van der Waals surface area contributed by atoms with Gasteiger partial charge in [-0.2, -0.15) is 0 Å². The van der Waals surface area contributed by atoms with Crippen LogP contribution in [-0.2, 0) is 0 Å². The molecule has 0 spiro atoms. The van der Waals surface area contributed by atoms with E-state index in [0.29, 0.717) is 11.6 Å². The summed E-state index contributed by atoms with van der Waals surface area (Å²) in [5, 5.41) is 3.96. The molecule has 0 radical (unpaired) electrons. The molecule has 1 heterocycles. The Hall–Kier alpha value is -1.67. The predicted octanol–water partition coefficient (Wildman–Crippen LogP) is 3.81. The number of rotatable bonds is 1. The Labute approximate surface area is 105 Å². The number of ether oxygens (including phenoxy) is 1. The topological polar surface area (TPSA) is 21.3 Å². The molecule has 0 saturated carbocycles. The van der Waals surface area contributed by atoms with Crippen LogP contribution in [0.2, 0.25) is 5.02 Å². The van der Waals surface area contributed by atoms with Crippen molar-refractivity contribution in [2.24, 2.45) is 0 Å². The first-order chi connectivity index (χ1) is 8.34. The third kappa shape index (κ3) is 1.96. The molecule has 2 nitrogen and oxygen atoms in total. The Morgan fingerprint density at radius 2 is 1.88 bits per heavy atom. The van der Waals surface area contributed by atoms with Crippen LogP contribution < -0.4 is 10.1 Å². The normalized spacial score (nSPS) is 13.5. The van der Waals surface area contributed by atoms with E-state index in [4.69, 9.17) is 16.3 Å². The smallest absolute Gasteiger partial charge is 0.161 e. The second-order valence-electron chi connectivity index (χ2n) is 3.98. The molecule has 17 heavy (non-hydrogen) atoms. The van der Waals surface area contributed by atoms with E-state index in [9.17, 15) is 0 Å². The summed E-state index contributed by atoms with van der Waals surface area (Å²) >= 11 is 6.23. The average Bonchev–Trinajstić information content (AvgIpc) is 2.40. The van der Waals surface area contributed by atoms with Gasteiger partial charge in [0.1, 0.15) is 6.61 Å². The standard InChI is InChI=1S/C14H12ClNO/c15-12-8-11(10-4-2-1-3-5-10)9-13-14(12)17-7-6-16-13/h1-5,8-9,16H,6-7H2. The molecule has 0 amide bonds. The molecule has 0 aromatic heterocycles. The lowest BCUT2D eigenvalue weighted by molar-refractivity contribution is 0.323. The third-order valence-corrected chi connectivity index (χ3v) is 3.10. The van der Waals surface area contributed by atoms with Crippen LogP contribution in [0, 0.1) is 0 Å². The monoisotopic (exact) mass is 245 g/mol. The molecule has 0 fully saturated rings. The number of benzene rings is 2. The number of halogens is 1. The van der Waals surface area contributed by atoms with Gasteiger partial charge in [0.05, 0.1) is 10.7 Å². The van der Waals surface area contributed by atoms with E-state index >= 15 is 0 Å². The number of hydrogen-bond donors (Lipinski definition) is 1. The zero-order valence-electron chi connectivity index (χ0n) is 9.24. The highest BCUT2D eigenvalue weighted by Gasteiger charge is 2.15. The molecule has 1 aliphatic rings. The first-order valence-corrected chi connectivity index (χ1v) is 5.98. The van der Waals surface area contributed by atoms with Crippen LogP contribution in [0.25, 0.3) is 11.1 Å². The molecule has 1 N–H and O–H groups in total. The summed E-state index contributed by atoms with van der Waals surface area (Å²) in [7, 11) is 0. The molecule has 3 heteroatoms. The van der Waals surface area contributed by atoms with Gasteiger partial charge in [-0.25, -0.2) is 0 Å². The maximum atomic E-state index is 6.23. The van der Waals surface area contributed by atoms with Crippen molar-refractivity contribution in [1.82, 2.24) is 0 Å². The molecule has 2 aromatic carbocycles. The van der Waals surface area contributed by atoms with E-state index in [1.807, 2.05) is 24.3 Å². The maximum absolute atomic E-state index is 6.23. The number of fused-ring (bicyclic) bond motifs is 1. The molecular weight excluding hydrogens is 234 g/mol. The summed E-state index contributed by atoms with van der Waals surface area (Å²) in [4.78, 5) is 0. The fourth-order valence-electron chi connectivity index (χ4n) is 2.01. The molecule has 2 aromatic rings. The highest BCUT2D eigenvalue weighted by atomic mass is 35.5. The Bertz CT molecular complexity index is 539. The van der Waals surface area contributed by atoms with E-state index in [1.54, 1.807) is 0 Å². The van der Waals surface area contributed by atoms with Gasteiger partial charge in [0, 0.05) is 6.54 Å². The van der Waals surface area contributed by atoms with E-state index in [1.165, 1.54) is 0 Å². The highest BCUT2D eigenvalue weighted by Crippen LogP contribution is 2.39. The van der Waals surface area contributed by atoms with Crippen molar-refractivity contribution in [1.29, 1.82) is 0 Å². The van der Waals surface area contributed by atoms with Gasteiger partial charge in [-0.15, -0.1) is 0 Å². The minimum absolute atomic E-state index is 0.661. The zero-order chi connectivity index (χ0) is 11.7. The van der Waals surface area contributed by atoms with Crippen LogP contribution in [0.15, 0.2) is 42.5 Å². The van der Waals surface area contributed by atoms with Gasteiger partial charge in [0.2, 0.25) is 0 Å². The summed E-state index contributed by atoms with van der Waals surface area (Å²) in [6.45, 7) is 1.49. The van der Waals surface area contributed by atoms with Crippen molar-refractivity contribution >= 4 is 17.3 Å². The lowest BCUT2D eigenvalue weighted by Crippen LogP contribution is -2.18. The Morgan fingerprint density at radius 1 is 1.06 bits per heavy atom. The molecule has 86 valence electrons. The van der Waals surface area contributed by atoms with Gasteiger partial charge in [-0.3, -0.25) is 0 Å². The van der Waals surface area contributed by atoms with E-state index < -0.39 is 0 Å². The Morgan fingerprint density at radius 3 is 2.71 bits per heavy atom. The second-order valence-corrected chi connectivity index (χ2v) is 4.38. The van der Waals surface area contributed by atoms with Gasteiger partial charge >= 0.3 is 0 Å². The number of nitrogens with one attached hydrogen (secondary N) is 1. The van der Waals surface area contributed by atoms with Crippen LogP contribution in [0.5, 0.6) is 5.75 Å². The Balaban J connectivity index is 2.11. The van der Waals surface area contributed by atoms with Crippen molar-refractivity contribution in [3.05, 3.63) is 47.5 Å². The lowest BCUT2D eigenvalue weighted by atomic mass is 10.0. The van der Waals surface area contributed by atoms with Gasteiger partial charge in [-0.05, 0) is 23.3 Å². The summed E-state index contributed by atoms with van der Waals surface area (Å²) in [6.07, 6.45) is 0. The lowest BCUT2D eigenvalue weighted by Gasteiger charge is -2.21. The number of hydrogen-bond acceptors (Lipinski definition) is 2. The zero-order valence-corrected chi connectivity index (χ0v) is 10.00. The van der Waals surface area contributed by atoms with Gasteiger partial charge in [0.15, 0.2) is 5.75 Å². The van der Waals surface area contributed by atoms with Gasteiger partial charge < -0.3 is 10.1 Å². The summed E-state index contributed by atoms with van der Waals surface area (Å²) in [6, 6.07) is 14.2. The summed E-state index contributed by atoms with van der Waals surface area (Å²) in [5.74, 6) is 0.762. The van der Waals surface area contributed by atoms with Crippen LogP contribution in [0.3, 0.4) is 0 Å². The molecule has 0 aliphatic carbocycles. The van der Waals surface area contributed by atoms with E-state index in [2.05, 4.69) is 23.5 Å². The van der Waals surface area contributed by atoms with Crippen molar-refractivity contribution in [2.75, 3.05) is 18.5 Å². The maximum Gasteiger partial charge on any atom is 0.161 e. The van der Waals surface area contributed by atoms with Crippen molar-refractivity contribution in [3.8, 4) is 16.9 Å². The molecule has 3 rings (SSSR count). The summed E-state index contributed by atoms with van der Waals surface area (Å²) < 4.78 is 5.55. The average molecular weight is 246 g/mol. The molecule has 0 bridgehead atoms. The first-order valence-electron chi connectivity index (χ1n) is 5.60. The van der Waals surface area contributed by atoms with E-state index in [0.717, 1.165) is 29.1 Å². The number of anilines is 1. The van der Waals surface area contributed by atoms with Crippen LogP contribution in [0.1, 0.15) is 0 Å². The van der Waals surface area contributed by atoms with Gasteiger partial charge in [-0.1, -0.05) is 41.9 Å². The van der Waals surface area contributed by atoms with Crippen LogP contribution in [0.4, 0.5) is 5.69 Å². The van der Waals surface area contributed by atoms with E-state index in [-0.39, 0.29) is 0 Å². The third-order valence-electron chi connectivity index (χ3n) is 2.81. The van der Waals surface area contributed by atoms with Crippen LogP contribution >= 0.6 is 11.6 Å². The molecule has 0 unspecified atom stereocenters. The highest BCUT2D eigenvalue weighted by molar-refractivity contribution is 6.33. The van der Waals surface area contributed by atoms with Crippen molar-refractivity contribution < 1.29 is 4.74 Å². The van der Waals surface area contributed by atoms with Crippen molar-refractivity contribution in [3.63, 3.8) is 0 Å². The Kier molecular flexibility index (Phi) is 2.65. The molecule has 1 aliphatic heterocycles.